The number of amides is 1. The van der Waals surface area contributed by atoms with Crippen molar-refractivity contribution < 1.29 is 22.4 Å². The number of halogens is 4. The van der Waals surface area contributed by atoms with E-state index in [-0.39, 0.29) is 6.42 Å². The van der Waals surface area contributed by atoms with Gasteiger partial charge in [0.25, 0.3) is 0 Å². The van der Waals surface area contributed by atoms with E-state index in [0.717, 1.165) is 6.07 Å². The predicted octanol–water partition coefficient (Wildman–Crippen LogP) is 2.14. The first kappa shape index (κ1) is 14.0. The second-order valence-corrected chi connectivity index (χ2v) is 3.86. The Morgan fingerprint density at radius 3 is 2.70 bits per heavy atom. The molecule has 1 heterocycles. The van der Waals surface area contributed by atoms with Crippen LogP contribution in [0.1, 0.15) is 11.4 Å². The zero-order valence-electron chi connectivity index (χ0n) is 9.83. The number of alkyl halides is 3. The van der Waals surface area contributed by atoms with Crippen LogP contribution in [0.5, 0.6) is 0 Å². The summed E-state index contributed by atoms with van der Waals surface area (Å²) in [7, 11) is 0. The highest BCUT2D eigenvalue weighted by molar-refractivity contribution is 5.90. The molecule has 2 aromatic rings. The van der Waals surface area contributed by atoms with Gasteiger partial charge in [0.15, 0.2) is 0 Å². The first-order valence-electron chi connectivity index (χ1n) is 5.38. The lowest BCUT2D eigenvalue weighted by Gasteiger charge is -2.01. The van der Waals surface area contributed by atoms with Gasteiger partial charge in [-0.25, -0.2) is 4.39 Å². The Balaban J connectivity index is 2.00. The molecule has 0 aliphatic heterocycles. The second-order valence-electron chi connectivity index (χ2n) is 3.86. The van der Waals surface area contributed by atoms with Gasteiger partial charge in [-0.3, -0.25) is 15.2 Å². The Bertz CT molecular complexity index is 623. The number of nitrogens with zero attached hydrogens (tertiary/aromatic N) is 2. The normalized spacial score (nSPS) is 11.4. The Morgan fingerprint density at radius 1 is 1.35 bits per heavy atom. The molecule has 5 nitrogen and oxygen atoms in total. The van der Waals surface area contributed by atoms with E-state index >= 15 is 0 Å². The maximum Gasteiger partial charge on any atom is 0.451 e. The topological polar surface area (TPSA) is 70.7 Å². The number of benzene rings is 1. The van der Waals surface area contributed by atoms with Gasteiger partial charge in [0.2, 0.25) is 17.7 Å². The quantitative estimate of drug-likeness (QED) is 0.850. The molecule has 0 unspecified atom stereocenters. The maximum absolute atomic E-state index is 12.9. The van der Waals surface area contributed by atoms with Crippen molar-refractivity contribution in [3.8, 4) is 0 Å². The Labute approximate surface area is 110 Å². The van der Waals surface area contributed by atoms with Gasteiger partial charge in [-0.15, -0.1) is 5.10 Å². The molecule has 2 rings (SSSR count). The number of hydrogen-bond donors (Lipinski definition) is 2. The van der Waals surface area contributed by atoms with Gasteiger partial charge in [0, 0.05) is 0 Å². The van der Waals surface area contributed by atoms with Gasteiger partial charge in [-0.2, -0.15) is 18.2 Å². The van der Waals surface area contributed by atoms with Crippen LogP contribution in [0, 0.1) is 5.82 Å². The molecule has 0 bridgehead atoms. The lowest BCUT2D eigenvalue weighted by molar-refractivity contribution is -0.144. The number of aromatic amines is 1. The van der Waals surface area contributed by atoms with E-state index in [1.807, 2.05) is 0 Å². The molecule has 0 saturated heterocycles. The molecule has 20 heavy (non-hydrogen) atoms. The number of carbonyl (C=O) groups excluding carboxylic acids is 1. The molecule has 0 fully saturated rings. The first-order chi connectivity index (χ1) is 9.34. The summed E-state index contributed by atoms with van der Waals surface area (Å²) in [4.78, 5) is 14.6. The van der Waals surface area contributed by atoms with Gasteiger partial charge in [0.1, 0.15) is 5.82 Å². The van der Waals surface area contributed by atoms with Gasteiger partial charge in [0.05, 0.1) is 6.42 Å². The summed E-state index contributed by atoms with van der Waals surface area (Å²) in [6.45, 7) is 0. The lowest BCUT2D eigenvalue weighted by atomic mass is 10.1. The van der Waals surface area contributed by atoms with E-state index in [4.69, 9.17) is 0 Å². The number of hydrogen-bond acceptors (Lipinski definition) is 3. The van der Waals surface area contributed by atoms with Crippen LogP contribution in [0.3, 0.4) is 0 Å². The summed E-state index contributed by atoms with van der Waals surface area (Å²) in [5, 5.41) is 6.97. The Hall–Kier alpha value is -2.45. The largest absolute Gasteiger partial charge is 0.451 e. The van der Waals surface area contributed by atoms with Crippen LogP contribution in [-0.2, 0) is 17.4 Å². The molecule has 0 spiro atoms. The van der Waals surface area contributed by atoms with Crippen LogP contribution in [0.4, 0.5) is 23.5 Å². The number of anilines is 1. The van der Waals surface area contributed by atoms with Crippen LogP contribution in [0.25, 0.3) is 0 Å². The van der Waals surface area contributed by atoms with Crippen LogP contribution < -0.4 is 5.32 Å². The smallest absolute Gasteiger partial charge is 0.293 e. The van der Waals surface area contributed by atoms with Crippen molar-refractivity contribution in [1.82, 2.24) is 15.2 Å². The van der Waals surface area contributed by atoms with Gasteiger partial charge in [-0.05, 0) is 17.7 Å². The third kappa shape index (κ3) is 3.53. The van der Waals surface area contributed by atoms with Crippen molar-refractivity contribution in [3.05, 3.63) is 41.5 Å². The van der Waals surface area contributed by atoms with E-state index in [0.29, 0.717) is 5.56 Å². The highest BCUT2D eigenvalue weighted by Gasteiger charge is 2.35. The summed E-state index contributed by atoms with van der Waals surface area (Å²) in [6, 6.07) is 5.30. The average Bonchev–Trinajstić information content (AvgIpc) is 2.76. The van der Waals surface area contributed by atoms with Crippen LogP contribution in [-0.4, -0.2) is 21.1 Å². The number of carbonyl (C=O) groups is 1. The molecule has 0 aliphatic carbocycles. The first-order valence-corrected chi connectivity index (χ1v) is 5.38. The fourth-order valence-electron chi connectivity index (χ4n) is 1.45. The van der Waals surface area contributed by atoms with E-state index in [1.165, 1.54) is 18.2 Å². The van der Waals surface area contributed by atoms with Crippen molar-refractivity contribution in [3.63, 3.8) is 0 Å². The van der Waals surface area contributed by atoms with Crippen molar-refractivity contribution in [2.75, 3.05) is 5.32 Å². The molecule has 0 saturated carbocycles. The minimum atomic E-state index is -4.67. The summed E-state index contributed by atoms with van der Waals surface area (Å²) < 4.78 is 49.6. The van der Waals surface area contributed by atoms with Crippen LogP contribution >= 0.6 is 0 Å². The molecule has 1 amide bonds. The van der Waals surface area contributed by atoms with Crippen molar-refractivity contribution in [2.45, 2.75) is 12.6 Å². The van der Waals surface area contributed by atoms with Crippen molar-refractivity contribution in [2.24, 2.45) is 0 Å². The molecular formula is C11H8F4N4O. The van der Waals surface area contributed by atoms with Crippen LogP contribution in [0.15, 0.2) is 24.3 Å². The molecule has 0 atom stereocenters. The molecule has 0 aliphatic rings. The Morgan fingerprint density at radius 2 is 2.10 bits per heavy atom. The Kier molecular flexibility index (Phi) is 3.68. The number of rotatable bonds is 3. The fourth-order valence-corrected chi connectivity index (χ4v) is 1.45. The molecule has 1 aromatic carbocycles. The van der Waals surface area contributed by atoms with Gasteiger partial charge in [-0.1, -0.05) is 12.1 Å². The maximum atomic E-state index is 12.9. The van der Waals surface area contributed by atoms with E-state index in [2.05, 4.69) is 15.4 Å². The number of nitrogens with one attached hydrogen (secondary N) is 2. The minimum Gasteiger partial charge on any atom is -0.293 e. The zero-order chi connectivity index (χ0) is 14.8. The predicted molar refractivity (Wildman–Crippen MR) is 60.1 cm³/mol. The van der Waals surface area contributed by atoms with E-state index in [9.17, 15) is 22.4 Å². The summed E-state index contributed by atoms with van der Waals surface area (Å²) in [5.74, 6) is -2.95. The zero-order valence-corrected chi connectivity index (χ0v) is 9.83. The third-order valence-electron chi connectivity index (χ3n) is 2.26. The molecule has 106 valence electrons. The van der Waals surface area contributed by atoms with Crippen molar-refractivity contribution >= 4 is 11.9 Å². The number of aromatic nitrogens is 3. The lowest BCUT2D eigenvalue weighted by Crippen LogP contribution is -2.15. The third-order valence-corrected chi connectivity index (χ3v) is 2.26. The SMILES string of the molecule is O=C(Cc1cccc(F)c1)Nc1n[nH]c(C(F)(F)F)n1. The summed E-state index contributed by atoms with van der Waals surface area (Å²) >= 11 is 0. The summed E-state index contributed by atoms with van der Waals surface area (Å²) in [6.07, 6.45) is -4.87. The molecule has 1 aromatic heterocycles. The highest BCUT2D eigenvalue weighted by Crippen LogP contribution is 2.26. The van der Waals surface area contributed by atoms with Crippen molar-refractivity contribution in [1.29, 1.82) is 0 Å². The molecule has 0 radical (unpaired) electrons. The molecule has 9 heteroatoms. The fraction of sp³-hybridized carbons (Fsp3) is 0.182. The number of H-pyrrole nitrogens is 1. The second kappa shape index (κ2) is 5.27. The molecule has 2 N–H and O–H groups in total. The summed E-state index contributed by atoms with van der Waals surface area (Å²) in [5.41, 5.74) is 0.383. The molecular weight excluding hydrogens is 280 g/mol. The van der Waals surface area contributed by atoms with Gasteiger partial charge >= 0.3 is 6.18 Å². The highest BCUT2D eigenvalue weighted by atomic mass is 19.4. The average molecular weight is 288 g/mol. The standard InChI is InChI=1S/C11H8F4N4O/c12-7-3-1-2-6(4-7)5-8(20)16-10-17-9(18-19-10)11(13,14)15/h1-4H,5H2,(H2,16,17,18,19,20). The van der Waals surface area contributed by atoms with Gasteiger partial charge < -0.3 is 0 Å². The monoisotopic (exact) mass is 288 g/mol. The van der Waals surface area contributed by atoms with Crippen LogP contribution in [0.2, 0.25) is 0 Å². The van der Waals surface area contributed by atoms with E-state index in [1.54, 1.807) is 5.10 Å². The van der Waals surface area contributed by atoms with E-state index < -0.39 is 29.7 Å². The minimum absolute atomic E-state index is 0.201.